The highest BCUT2D eigenvalue weighted by atomic mass is 19.1. The zero-order valence-corrected chi connectivity index (χ0v) is 9.29. The van der Waals surface area contributed by atoms with E-state index in [0.717, 1.165) is 22.4 Å². The highest BCUT2D eigenvalue weighted by Gasteiger charge is 2.07. The van der Waals surface area contributed by atoms with Gasteiger partial charge in [-0.1, -0.05) is 6.07 Å². The van der Waals surface area contributed by atoms with Crippen LogP contribution in [-0.2, 0) is 0 Å². The number of benzene rings is 1. The maximum absolute atomic E-state index is 13.2. The minimum Gasteiger partial charge on any atom is -0.386 e. The molecular formula is C13H13FN2. The van der Waals surface area contributed by atoms with Crippen LogP contribution in [0.1, 0.15) is 5.56 Å². The number of halogens is 1. The second-order valence-corrected chi connectivity index (χ2v) is 3.63. The van der Waals surface area contributed by atoms with E-state index in [1.54, 1.807) is 24.5 Å². The first kappa shape index (κ1) is 10.6. The first-order valence-corrected chi connectivity index (χ1v) is 5.10. The molecule has 0 saturated carbocycles. The van der Waals surface area contributed by atoms with Crippen LogP contribution in [0.2, 0.25) is 0 Å². The summed E-state index contributed by atoms with van der Waals surface area (Å²) in [5.74, 6) is -0.223. The first-order valence-electron chi connectivity index (χ1n) is 5.10. The van der Waals surface area contributed by atoms with Gasteiger partial charge in [0.15, 0.2) is 0 Å². The molecule has 0 aliphatic heterocycles. The highest BCUT2D eigenvalue weighted by molar-refractivity contribution is 5.78. The van der Waals surface area contributed by atoms with Crippen molar-refractivity contribution >= 4 is 5.69 Å². The molecule has 2 nitrogen and oxygen atoms in total. The van der Waals surface area contributed by atoms with Gasteiger partial charge in [0.1, 0.15) is 5.82 Å². The Kier molecular flexibility index (Phi) is 2.86. The molecule has 0 unspecified atom stereocenters. The van der Waals surface area contributed by atoms with Crippen molar-refractivity contribution in [1.29, 1.82) is 0 Å². The number of rotatable bonds is 2. The van der Waals surface area contributed by atoms with Gasteiger partial charge in [-0.3, -0.25) is 4.98 Å². The van der Waals surface area contributed by atoms with Crippen molar-refractivity contribution in [2.24, 2.45) is 0 Å². The Morgan fingerprint density at radius 1 is 1.19 bits per heavy atom. The van der Waals surface area contributed by atoms with E-state index in [0.29, 0.717) is 0 Å². The Bertz CT molecular complexity index is 509. The van der Waals surface area contributed by atoms with Gasteiger partial charge in [0, 0.05) is 18.8 Å². The number of hydrogen-bond acceptors (Lipinski definition) is 2. The molecule has 0 saturated heterocycles. The number of aromatic nitrogens is 1. The van der Waals surface area contributed by atoms with Crippen molar-refractivity contribution in [3.8, 4) is 11.1 Å². The molecule has 0 spiro atoms. The van der Waals surface area contributed by atoms with Crippen molar-refractivity contribution < 1.29 is 4.39 Å². The summed E-state index contributed by atoms with van der Waals surface area (Å²) in [6, 6.07) is 6.68. The molecule has 16 heavy (non-hydrogen) atoms. The molecule has 82 valence electrons. The molecule has 0 atom stereocenters. The quantitative estimate of drug-likeness (QED) is 0.833. The molecule has 3 heteroatoms. The van der Waals surface area contributed by atoms with Crippen LogP contribution in [0.4, 0.5) is 10.1 Å². The molecule has 0 amide bonds. The molecule has 2 rings (SSSR count). The van der Waals surface area contributed by atoms with E-state index in [2.05, 4.69) is 10.3 Å². The minimum absolute atomic E-state index is 0.223. The lowest BCUT2D eigenvalue weighted by Gasteiger charge is -2.10. The molecule has 1 aromatic carbocycles. The van der Waals surface area contributed by atoms with E-state index in [-0.39, 0.29) is 5.82 Å². The third-order valence-corrected chi connectivity index (χ3v) is 2.58. The maximum atomic E-state index is 13.2. The van der Waals surface area contributed by atoms with Crippen molar-refractivity contribution in [3.05, 3.63) is 48.0 Å². The van der Waals surface area contributed by atoms with Gasteiger partial charge in [-0.25, -0.2) is 4.39 Å². The fraction of sp³-hybridized carbons (Fsp3) is 0.154. The summed E-state index contributed by atoms with van der Waals surface area (Å²) in [6.07, 6.45) is 3.44. The molecule has 0 fully saturated rings. The second kappa shape index (κ2) is 4.31. The number of nitrogens with zero attached hydrogens (tertiary/aromatic N) is 1. The van der Waals surface area contributed by atoms with Crippen molar-refractivity contribution in [1.82, 2.24) is 4.98 Å². The number of anilines is 1. The van der Waals surface area contributed by atoms with Crippen LogP contribution in [0.15, 0.2) is 36.7 Å². The van der Waals surface area contributed by atoms with E-state index in [9.17, 15) is 4.39 Å². The molecule has 0 bridgehead atoms. The molecule has 1 N–H and O–H groups in total. The standard InChI is InChI=1S/C13H13FN2/c1-9-3-4-10(14)7-12(9)11-5-6-16-8-13(11)15-2/h3-8,15H,1-2H3. The largest absolute Gasteiger partial charge is 0.386 e. The van der Waals surface area contributed by atoms with Crippen molar-refractivity contribution in [2.75, 3.05) is 12.4 Å². The molecule has 0 radical (unpaired) electrons. The van der Waals surface area contributed by atoms with Crippen molar-refractivity contribution in [2.45, 2.75) is 6.92 Å². The molecular weight excluding hydrogens is 203 g/mol. The monoisotopic (exact) mass is 216 g/mol. The normalized spacial score (nSPS) is 10.2. The Labute approximate surface area is 94.2 Å². The van der Waals surface area contributed by atoms with Gasteiger partial charge >= 0.3 is 0 Å². The number of pyridine rings is 1. The lowest BCUT2D eigenvalue weighted by Crippen LogP contribution is -1.94. The van der Waals surface area contributed by atoms with Gasteiger partial charge < -0.3 is 5.32 Å². The summed E-state index contributed by atoms with van der Waals surface area (Å²) in [4.78, 5) is 4.04. The van der Waals surface area contributed by atoms with Gasteiger partial charge in [-0.05, 0) is 36.2 Å². The van der Waals surface area contributed by atoms with Crippen LogP contribution < -0.4 is 5.32 Å². The van der Waals surface area contributed by atoms with Crippen LogP contribution in [0.3, 0.4) is 0 Å². The van der Waals surface area contributed by atoms with E-state index in [1.807, 2.05) is 20.0 Å². The van der Waals surface area contributed by atoms with E-state index >= 15 is 0 Å². The fourth-order valence-corrected chi connectivity index (χ4v) is 1.71. The summed E-state index contributed by atoms with van der Waals surface area (Å²) in [7, 11) is 1.83. The topological polar surface area (TPSA) is 24.9 Å². The average molecular weight is 216 g/mol. The SMILES string of the molecule is CNc1cnccc1-c1cc(F)ccc1C. The number of hydrogen-bond donors (Lipinski definition) is 1. The van der Waals surface area contributed by atoms with Crippen LogP contribution in [0.5, 0.6) is 0 Å². The van der Waals surface area contributed by atoms with E-state index in [1.165, 1.54) is 6.07 Å². The Hall–Kier alpha value is -1.90. The summed E-state index contributed by atoms with van der Waals surface area (Å²) < 4.78 is 13.2. The van der Waals surface area contributed by atoms with E-state index in [4.69, 9.17) is 0 Å². The predicted octanol–water partition coefficient (Wildman–Crippen LogP) is 3.24. The molecule has 0 aliphatic carbocycles. The lowest BCUT2D eigenvalue weighted by atomic mass is 10.0. The summed E-state index contributed by atoms with van der Waals surface area (Å²) in [5, 5.41) is 3.06. The second-order valence-electron chi connectivity index (χ2n) is 3.63. The number of aryl methyl sites for hydroxylation is 1. The molecule has 1 heterocycles. The molecule has 2 aromatic rings. The predicted molar refractivity (Wildman–Crippen MR) is 63.9 cm³/mol. The minimum atomic E-state index is -0.223. The molecule has 1 aromatic heterocycles. The fourth-order valence-electron chi connectivity index (χ4n) is 1.71. The van der Waals surface area contributed by atoms with Gasteiger partial charge in [0.05, 0.1) is 11.9 Å². The van der Waals surface area contributed by atoms with Crippen LogP contribution in [0, 0.1) is 12.7 Å². The summed E-state index contributed by atoms with van der Waals surface area (Å²) in [5.41, 5.74) is 3.81. The zero-order chi connectivity index (χ0) is 11.5. The highest BCUT2D eigenvalue weighted by Crippen LogP contribution is 2.29. The third kappa shape index (κ3) is 1.89. The van der Waals surface area contributed by atoms with Gasteiger partial charge in [-0.15, -0.1) is 0 Å². The summed E-state index contributed by atoms with van der Waals surface area (Å²) in [6.45, 7) is 1.97. The van der Waals surface area contributed by atoms with E-state index < -0.39 is 0 Å². The Morgan fingerprint density at radius 3 is 2.75 bits per heavy atom. The zero-order valence-electron chi connectivity index (χ0n) is 9.29. The van der Waals surface area contributed by atoms with Crippen molar-refractivity contribution in [3.63, 3.8) is 0 Å². The van der Waals surface area contributed by atoms with Gasteiger partial charge in [0.2, 0.25) is 0 Å². The summed E-state index contributed by atoms with van der Waals surface area (Å²) >= 11 is 0. The van der Waals surface area contributed by atoms with Crippen LogP contribution >= 0.6 is 0 Å². The Balaban J connectivity index is 2.62. The van der Waals surface area contributed by atoms with Gasteiger partial charge in [-0.2, -0.15) is 0 Å². The lowest BCUT2D eigenvalue weighted by molar-refractivity contribution is 0.628. The maximum Gasteiger partial charge on any atom is 0.123 e. The number of nitrogens with one attached hydrogen (secondary N) is 1. The smallest absolute Gasteiger partial charge is 0.123 e. The Morgan fingerprint density at radius 2 is 2.00 bits per heavy atom. The third-order valence-electron chi connectivity index (χ3n) is 2.58. The van der Waals surface area contributed by atoms with Crippen LogP contribution in [0.25, 0.3) is 11.1 Å². The average Bonchev–Trinajstić information content (AvgIpc) is 2.32. The van der Waals surface area contributed by atoms with Gasteiger partial charge in [0.25, 0.3) is 0 Å². The molecule has 0 aliphatic rings. The van der Waals surface area contributed by atoms with Crippen LogP contribution in [-0.4, -0.2) is 12.0 Å². The first-order chi connectivity index (χ1) is 7.72.